The zero-order valence-corrected chi connectivity index (χ0v) is 20.1. The van der Waals surface area contributed by atoms with Crippen LogP contribution in [0.1, 0.15) is 51.2 Å². The van der Waals surface area contributed by atoms with Gasteiger partial charge in [-0.1, -0.05) is 36.9 Å². The van der Waals surface area contributed by atoms with E-state index in [0.29, 0.717) is 0 Å². The molecule has 6 heteroatoms. The lowest BCUT2D eigenvalue weighted by Gasteiger charge is -2.39. The number of hydrogen-bond acceptors (Lipinski definition) is 3. The van der Waals surface area contributed by atoms with Gasteiger partial charge < -0.3 is 9.64 Å². The van der Waals surface area contributed by atoms with Crippen molar-refractivity contribution < 1.29 is 18.3 Å². The van der Waals surface area contributed by atoms with Crippen molar-refractivity contribution in [2.75, 3.05) is 19.6 Å². The highest BCUT2D eigenvalue weighted by atomic mass is 19.1. The molecule has 34 heavy (non-hydrogen) atoms. The number of nitrogens with zero attached hydrogens (tertiary/aromatic N) is 2. The topological polar surface area (TPSA) is 32.8 Å². The average Bonchev–Trinajstić information content (AvgIpc) is 3.03. The normalized spacial score (nSPS) is 18.3. The molecule has 1 amide bonds. The summed E-state index contributed by atoms with van der Waals surface area (Å²) in [6, 6.07) is 12.7. The van der Waals surface area contributed by atoms with Crippen LogP contribution in [0.4, 0.5) is 13.6 Å². The molecular formula is C28H32F2N2O2. The molecule has 0 aliphatic carbocycles. The fourth-order valence-corrected chi connectivity index (χ4v) is 4.85. The summed E-state index contributed by atoms with van der Waals surface area (Å²) >= 11 is 0. The molecule has 2 saturated heterocycles. The predicted octanol–water partition coefficient (Wildman–Crippen LogP) is 6.39. The lowest BCUT2D eigenvalue weighted by molar-refractivity contribution is 0.0150. The van der Waals surface area contributed by atoms with Crippen LogP contribution < -0.4 is 0 Å². The van der Waals surface area contributed by atoms with Crippen LogP contribution in [-0.2, 0) is 4.74 Å². The maximum Gasteiger partial charge on any atom is 0.415 e. The minimum Gasteiger partial charge on any atom is -0.436 e. The molecule has 1 spiro atoms. The van der Waals surface area contributed by atoms with E-state index in [1.807, 2.05) is 20.8 Å². The van der Waals surface area contributed by atoms with Gasteiger partial charge in [-0.05, 0) is 68.2 Å². The fourth-order valence-electron chi connectivity index (χ4n) is 4.85. The summed E-state index contributed by atoms with van der Waals surface area (Å²) in [6.07, 6.45) is 4.04. The number of carbonyl (C=O) groups is 1. The van der Waals surface area contributed by atoms with Gasteiger partial charge in [0.1, 0.15) is 11.6 Å². The third-order valence-electron chi connectivity index (χ3n) is 6.70. The molecule has 2 aromatic carbocycles. The summed E-state index contributed by atoms with van der Waals surface area (Å²) in [6.45, 7) is 12.6. The summed E-state index contributed by atoms with van der Waals surface area (Å²) in [5.41, 5.74) is 2.52. The van der Waals surface area contributed by atoms with Crippen LogP contribution in [-0.4, -0.2) is 46.7 Å². The predicted molar refractivity (Wildman–Crippen MR) is 130 cm³/mol. The van der Waals surface area contributed by atoms with Gasteiger partial charge in [-0.25, -0.2) is 13.6 Å². The molecule has 0 radical (unpaired) electrons. The molecule has 2 fully saturated rings. The highest BCUT2D eigenvalue weighted by Crippen LogP contribution is 2.43. The second-order valence-electron chi connectivity index (χ2n) is 10.1. The number of piperidine rings is 1. The molecule has 0 N–H and O–H groups in total. The maximum atomic E-state index is 13.5. The lowest BCUT2D eigenvalue weighted by atomic mass is 9.87. The van der Waals surface area contributed by atoms with E-state index in [0.717, 1.165) is 61.3 Å². The van der Waals surface area contributed by atoms with Crippen LogP contribution in [0.3, 0.4) is 0 Å². The Balaban J connectivity index is 1.42. The van der Waals surface area contributed by atoms with Crippen molar-refractivity contribution in [2.45, 2.75) is 51.2 Å². The van der Waals surface area contributed by atoms with Gasteiger partial charge in [0.15, 0.2) is 5.60 Å². The fraction of sp³-hybridized carbons (Fsp3) is 0.393. The van der Waals surface area contributed by atoms with Gasteiger partial charge in [0.05, 0.1) is 5.70 Å². The van der Waals surface area contributed by atoms with E-state index < -0.39 is 5.60 Å². The van der Waals surface area contributed by atoms with Crippen molar-refractivity contribution in [1.82, 2.24) is 9.80 Å². The van der Waals surface area contributed by atoms with E-state index in [9.17, 15) is 13.6 Å². The Morgan fingerprint density at radius 3 is 1.94 bits per heavy atom. The van der Waals surface area contributed by atoms with E-state index in [4.69, 9.17) is 4.74 Å². The quantitative estimate of drug-likeness (QED) is 0.512. The third kappa shape index (κ3) is 4.92. The summed E-state index contributed by atoms with van der Waals surface area (Å²) in [4.78, 5) is 16.6. The van der Waals surface area contributed by atoms with Crippen LogP contribution in [0.2, 0.25) is 0 Å². The monoisotopic (exact) mass is 466 g/mol. The van der Waals surface area contributed by atoms with E-state index in [-0.39, 0.29) is 23.3 Å². The maximum absolute atomic E-state index is 13.5. The first-order chi connectivity index (χ1) is 16.1. The molecular weight excluding hydrogens is 434 g/mol. The van der Waals surface area contributed by atoms with Crippen LogP contribution in [0, 0.1) is 11.6 Å². The summed E-state index contributed by atoms with van der Waals surface area (Å²) in [7, 11) is 0. The molecule has 180 valence electrons. The van der Waals surface area contributed by atoms with Crippen LogP contribution >= 0.6 is 0 Å². The second-order valence-corrected chi connectivity index (χ2v) is 10.1. The lowest BCUT2D eigenvalue weighted by Crippen LogP contribution is -2.47. The standard InChI is InChI=1S/C28H32F2N2O2/c1-20-28(34-26(33)32(20)27(2,3)4)15-18-31(19-16-28)17-5-6-25(21-7-11-23(29)12-8-21)22-9-13-24(30)14-10-22/h6-14H,1,5,15-19H2,2-4H3. The van der Waals surface area contributed by atoms with E-state index in [1.54, 1.807) is 29.2 Å². The number of halogens is 2. The van der Waals surface area contributed by atoms with Crippen molar-refractivity contribution in [1.29, 1.82) is 0 Å². The van der Waals surface area contributed by atoms with Crippen molar-refractivity contribution >= 4 is 11.7 Å². The highest BCUT2D eigenvalue weighted by Gasteiger charge is 2.53. The number of amides is 1. The van der Waals surface area contributed by atoms with Gasteiger partial charge in [0.2, 0.25) is 0 Å². The van der Waals surface area contributed by atoms with Gasteiger partial charge in [-0.3, -0.25) is 4.90 Å². The SMILES string of the molecule is C=C1N(C(C)(C)C)C(=O)OC12CCN(CCC=C(c1ccc(F)cc1)c1ccc(F)cc1)CC2. The Kier molecular flexibility index (Phi) is 6.63. The van der Waals surface area contributed by atoms with Crippen molar-refractivity contribution in [2.24, 2.45) is 0 Å². The zero-order chi connectivity index (χ0) is 24.5. The Morgan fingerprint density at radius 2 is 1.50 bits per heavy atom. The smallest absolute Gasteiger partial charge is 0.415 e. The summed E-state index contributed by atoms with van der Waals surface area (Å²) in [5.74, 6) is -0.577. The molecule has 4 rings (SSSR count). The third-order valence-corrected chi connectivity index (χ3v) is 6.70. The Bertz CT molecular complexity index is 1030. The summed E-state index contributed by atoms with van der Waals surface area (Å²) in [5, 5.41) is 0. The highest BCUT2D eigenvalue weighted by molar-refractivity contribution is 5.79. The molecule has 2 aliphatic rings. The minimum atomic E-state index is -0.607. The van der Waals surface area contributed by atoms with Crippen molar-refractivity contribution in [3.8, 4) is 0 Å². The Labute approximate surface area is 200 Å². The number of carbonyl (C=O) groups excluding carboxylic acids is 1. The average molecular weight is 467 g/mol. The number of ether oxygens (including phenoxy) is 1. The second kappa shape index (κ2) is 9.34. The zero-order valence-electron chi connectivity index (χ0n) is 20.1. The molecule has 0 aromatic heterocycles. The molecule has 2 heterocycles. The molecule has 0 saturated carbocycles. The first kappa shape index (κ1) is 24.1. The number of rotatable bonds is 5. The van der Waals surface area contributed by atoms with Crippen molar-refractivity contribution in [3.63, 3.8) is 0 Å². The van der Waals surface area contributed by atoms with Gasteiger partial charge in [-0.2, -0.15) is 0 Å². The molecule has 2 aliphatic heterocycles. The van der Waals surface area contributed by atoms with Crippen LogP contribution in [0.5, 0.6) is 0 Å². The number of likely N-dealkylation sites (tertiary alicyclic amines) is 1. The first-order valence-corrected chi connectivity index (χ1v) is 11.8. The first-order valence-electron chi connectivity index (χ1n) is 11.8. The molecule has 0 atom stereocenters. The van der Waals surface area contributed by atoms with Crippen LogP contribution in [0.15, 0.2) is 66.9 Å². The number of benzene rings is 2. The van der Waals surface area contributed by atoms with Gasteiger partial charge >= 0.3 is 6.09 Å². The van der Waals surface area contributed by atoms with Gasteiger partial charge in [0.25, 0.3) is 0 Å². The Morgan fingerprint density at radius 1 is 1.00 bits per heavy atom. The van der Waals surface area contributed by atoms with E-state index >= 15 is 0 Å². The van der Waals surface area contributed by atoms with Crippen LogP contribution in [0.25, 0.3) is 5.57 Å². The molecule has 0 bridgehead atoms. The van der Waals surface area contributed by atoms with Gasteiger partial charge in [-0.15, -0.1) is 0 Å². The number of hydrogen-bond donors (Lipinski definition) is 0. The Hall–Kier alpha value is -2.99. The van der Waals surface area contributed by atoms with Gasteiger partial charge in [0, 0.05) is 38.0 Å². The van der Waals surface area contributed by atoms with E-state index in [2.05, 4.69) is 17.6 Å². The molecule has 0 unspecified atom stereocenters. The van der Waals surface area contributed by atoms with E-state index in [1.165, 1.54) is 24.3 Å². The minimum absolute atomic E-state index is 0.288. The summed E-state index contributed by atoms with van der Waals surface area (Å²) < 4.78 is 32.8. The van der Waals surface area contributed by atoms with Crippen molar-refractivity contribution in [3.05, 3.63) is 89.6 Å². The molecule has 2 aromatic rings. The largest absolute Gasteiger partial charge is 0.436 e. The molecule has 4 nitrogen and oxygen atoms in total.